The number of carbonyl (C=O) groups is 1. The average Bonchev–Trinajstić information content (AvgIpc) is 2.61. The fourth-order valence-electron chi connectivity index (χ4n) is 2.24. The molecular formula is C18H19N3O6. The molecule has 0 saturated heterocycles. The molecule has 0 aliphatic heterocycles. The summed E-state index contributed by atoms with van der Waals surface area (Å²) in [5.74, 6) is -0.0778. The zero-order valence-corrected chi connectivity index (χ0v) is 14.9. The van der Waals surface area contributed by atoms with Crippen molar-refractivity contribution in [2.24, 2.45) is 5.92 Å². The van der Waals surface area contributed by atoms with Gasteiger partial charge in [0.05, 0.1) is 28.1 Å². The van der Waals surface area contributed by atoms with Crippen molar-refractivity contribution in [2.45, 2.75) is 20.3 Å². The number of nitrogens with one attached hydrogen (secondary N) is 1. The number of rotatable bonds is 8. The summed E-state index contributed by atoms with van der Waals surface area (Å²) in [6.07, 6.45) is 0.749. The molecule has 0 amide bonds. The van der Waals surface area contributed by atoms with Crippen LogP contribution in [-0.4, -0.2) is 22.4 Å². The van der Waals surface area contributed by atoms with Crippen molar-refractivity contribution in [2.75, 3.05) is 11.9 Å². The van der Waals surface area contributed by atoms with Crippen LogP contribution in [0.15, 0.2) is 42.5 Å². The number of esters is 1. The zero-order chi connectivity index (χ0) is 20.0. The van der Waals surface area contributed by atoms with E-state index in [1.165, 1.54) is 18.2 Å². The summed E-state index contributed by atoms with van der Waals surface area (Å²) >= 11 is 0. The van der Waals surface area contributed by atoms with Gasteiger partial charge < -0.3 is 10.1 Å². The van der Waals surface area contributed by atoms with Gasteiger partial charge in [0.2, 0.25) is 0 Å². The van der Waals surface area contributed by atoms with Crippen molar-refractivity contribution in [1.29, 1.82) is 0 Å². The summed E-state index contributed by atoms with van der Waals surface area (Å²) < 4.78 is 5.20. The predicted molar refractivity (Wildman–Crippen MR) is 99.2 cm³/mol. The van der Waals surface area contributed by atoms with E-state index in [9.17, 15) is 25.0 Å². The van der Waals surface area contributed by atoms with E-state index < -0.39 is 21.5 Å². The maximum absolute atomic E-state index is 12.1. The molecule has 9 heteroatoms. The van der Waals surface area contributed by atoms with Gasteiger partial charge in [0, 0.05) is 11.8 Å². The van der Waals surface area contributed by atoms with Crippen LogP contribution in [0.4, 0.5) is 22.7 Å². The largest absolute Gasteiger partial charge is 0.462 e. The molecule has 0 unspecified atom stereocenters. The molecular weight excluding hydrogens is 354 g/mol. The first kappa shape index (κ1) is 19.8. The first-order valence-corrected chi connectivity index (χ1v) is 8.25. The van der Waals surface area contributed by atoms with Gasteiger partial charge in [0.1, 0.15) is 5.69 Å². The van der Waals surface area contributed by atoms with E-state index in [-0.39, 0.29) is 11.4 Å². The van der Waals surface area contributed by atoms with Crippen LogP contribution in [-0.2, 0) is 4.74 Å². The van der Waals surface area contributed by atoms with Gasteiger partial charge >= 0.3 is 5.97 Å². The lowest BCUT2D eigenvalue weighted by Crippen LogP contribution is -2.08. The lowest BCUT2D eigenvalue weighted by atomic mass is 10.1. The van der Waals surface area contributed by atoms with E-state index in [1.54, 1.807) is 18.2 Å². The summed E-state index contributed by atoms with van der Waals surface area (Å²) in [5, 5.41) is 24.8. The Balaban J connectivity index is 2.20. The Morgan fingerprint density at radius 2 is 1.85 bits per heavy atom. The van der Waals surface area contributed by atoms with Gasteiger partial charge in [-0.05, 0) is 36.6 Å². The van der Waals surface area contributed by atoms with E-state index in [1.807, 2.05) is 13.8 Å². The van der Waals surface area contributed by atoms with E-state index in [2.05, 4.69) is 5.32 Å². The summed E-state index contributed by atoms with van der Waals surface area (Å²) in [6, 6.07) is 9.61. The molecule has 2 aromatic carbocycles. The summed E-state index contributed by atoms with van der Waals surface area (Å²) in [6.45, 7) is 4.35. The van der Waals surface area contributed by atoms with Gasteiger partial charge in [-0.1, -0.05) is 19.9 Å². The molecule has 2 rings (SSSR count). The topological polar surface area (TPSA) is 125 Å². The highest BCUT2D eigenvalue weighted by molar-refractivity contribution is 5.91. The second-order valence-corrected chi connectivity index (χ2v) is 6.24. The van der Waals surface area contributed by atoms with Crippen LogP contribution in [0.1, 0.15) is 30.6 Å². The maximum Gasteiger partial charge on any atom is 0.338 e. The molecule has 0 bridgehead atoms. The normalized spacial score (nSPS) is 10.5. The van der Waals surface area contributed by atoms with Crippen LogP contribution in [0.2, 0.25) is 0 Å². The number of nitrogens with zero attached hydrogens (tertiary/aromatic N) is 2. The number of anilines is 2. The van der Waals surface area contributed by atoms with E-state index in [0.29, 0.717) is 23.8 Å². The third-order valence-electron chi connectivity index (χ3n) is 3.69. The fourth-order valence-corrected chi connectivity index (χ4v) is 2.24. The van der Waals surface area contributed by atoms with E-state index in [4.69, 9.17) is 4.74 Å². The number of hydrogen-bond acceptors (Lipinski definition) is 7. The molecule has 0 saturated carbocycles. The Bertz CT molecular complexity index is 866. The summed E-state index contributed by atoms with van der Waals surface area (Å²) in [5.41, 5.74) is -0.0154. The number of non-ortho nitro benzene ring substituents is 1. The Kier molecular flexibility index (Phi) is 6.42. The standard InChI is InChI=1S/C18H19N3O6/c1-12(2)8-9-27-18(22)13-4-3-5-14(10-13)19-16-7-6-15(20(23)24)11-17(16)21(25)26/h3-7,10-12,19H,8-9H2,1-2H3. The lowest BCUT2D eigenvalue weighted by Gasteiger charge is -2.10. The van der Waals surface area contributed by atoms with Gasteiger partial charge in [-0.2, -0.15) is 0 Å². The predicted octanol–water partition coefficient (Wildman–Crippen LogP) is 4.45. The molecule has 0 fully saturated rings. The second kappa shape index (κ2) is 8.75. The first-order chi connectivity index (χ1) is 12.8. The molecule has 27 heavy (non-hydrogen) atoms. The monoisotopic (exact) mass is 373 g/mol. The molecule has 0 atom stereocenters. The molecule has 1 N–H and O–H groups in total. The minimum Gasteiger partial charge on any atom is -0.462 e. The van der Waals surface area contributed by atoms with Gasteiger partial charge in [-0.25, -0.2) is 4.79 Å². The van der Waals surface area contributed by atoms with Crippen molar-refractivity contribution in [3.63, 3.8) is 0 Å². The van der Waals surface area contributed by atoms with Gasteiger partial charge in [-0.15, -0.1) is 0 Å². The Morgan fingerprint density at radius 1 is 1.11 bits per heavy atom. The van der Waals surface area contributed by atoms with Gasteiger partial charge in [0.25, 0.3) is 11.4 Å². The Labute approximate surface area is 155 Å². The number of carbonyl (C=O) groups excluding carboxylic acids is 1. The fraction of sp³-hybridized carbons (Fsp3) is 0.278. The molecule has 0 aliphatic rings. The van der Waals surface area contributed by atoms with Gasteiger partial charge in [-0.3, -0.25) is 20.2 Å². The quantitative estimate of drug-likeness (QED) is 0.411. The lowest BCUT2D eigenvalue weighted by molar-refractivity contribution is -0.393. The van der Waals surface area contributed by atoms with Crippen LogP contribution in [0.3, 0.4) is 0 Å². The number of benzene rings is 2. The van der Waals surface area contributed by atoms with E-state index >= 15 is 0 Å². The van der Waals surface area contributed by atoms with Crippen LogP contribution in [0.25, 0.3) is 0 Å². The molecule has 0 aromatic heterocycles. The van der Waals surface area contributed by atoms with Crippen molar-refractivity contribution < 1.29 is 19.4 Å². The minimum atomic E-state index is -0.709. The van der Waals surface area contributed by atoms with E-state index in [0.717, 1.165) is 12.5 Å². The van der Waals surface area contributed by atoms with Crippen LogP contribution >= 0.6 is 0 Å². The van der Waals surface area contributed by atoms with Crippen LogP contribution in [0.5, 0.6) is 0 Å². The average molecular weight is 373 g/mol. The van der Waals surface area contributed by atoms with Crippen LogP contribution < -0.4 is 5.32 Å². The third-order valence-corrected chi connectivity index (χ3v) is 3.69. The molecule has 142 valence electrons. The smallest absolute Gasteiger partial charge is 0.338 e. The number of ether oxygens (including phenoxy) is 1. The molecule has 9 nitrogen and oxygen atoms in total. The minimum absolute atomic E-state index is 0.0796. The van der Waals surface area contributed by atoms with Crippen molar-refractivity contribution in [3.8, 4) is 0 Å². The molecule has 0 radical (unpaired) electrons. The highest BCUT2D eigenvalue weighted by atomic mass is 16.6. The van der Waals surface area contributed by atoms with Crippen molar-refractivity contribution in [3.05, 3.63) is 68.3 Å². The first-order valence-electron chi connectivity index (χ1n) is 8.25. The SMILES string of the molecule is CC(C)CCOC(=O)c1cccc(Nc2ccc([N+](=O)[O-])cc2[N+](=O)[O-])c1. The number of nitro benzene ring substituents is 2. The Hall–Kier alpha value is -3.49. The van der Waals surface area contributed by atoms with Crippen molar-refractivity contribution in [1.82, 2.24) is 0 Å². The second-order valence-electron chi connectivity index (χ2n) is 6.24. The van der Waals surface area contributed by atoms with Crippen molar-refractivity contribution >= 4 is 28.7 Å². The Morgan fingerprint density at radius 3 is 2.48 bits per heavy atom. The van der Waals surface area contributed by atoms with Gasteiger partial charge in [0.15, 0.2) is 0 Å². The number of nitro groups is 2. The maximum atomic E-state index is 12.1. The number of hydrogen-bond donors (Lipinski definition) is 1. The molecule has 0 spiro atoms. The highest BCUT2D eigenvalue weighted by Crippen LogP contribution is 2.31. The van der Waals surface area contributed by atoms with Crippen LogP contribution in [0, 0.1) is 26.1 Å². The highest BCUT2D eigenvalue weighted by Gasteiger charge is 2.20. The molecule has 0 heterocycles. The molecule has 2 aromatic rings. The summed E-state index contributed by atoms with van der Waals surface area (Å²) in [7, 11) is 0. The summed E-state index contributed by atoms with van der Waals surface area (Å²) in [4.78, 5) is 32.7. The molecule has 0 aliphatic carbocycles. The third kappa shape index (κ3) is 5.50. The zero-order valence-electron chi connectivity index (χ0n) is 14.9.